The van der Waals surface area contributed by atoms with E-state index in [1.807, 2.05) is 25.5 Å². The van der Waals surface area contributed by atoms with Crippen LogP contribution in [0.3, 0.4) is 0 Å². The number of hydrogen-bond acceptors (Lipinski definition) is 5. The zero-order chi connectivity index (χ0) is 15.7. The van der Waals surface area contributed by atoms with Crippen molar-refractivity contribution in [2.45, 2.75) is 65.1 Å². The van der Waals surface area contributed by atoms with Gasteiger partial charge in [0, 0.05) is 24.5 Å². The smallest absolute Gasteiger partial charge is 0.225 e. The van der Waals surface area contributed by atoms with Gasteiger partial charge in [0.15, 0.2) is 5.82 Å². The van der Waals surface area contributed by atoms with Crippen LogP contribution in [0.5, 0.6) is 0 Å². The van der Waals surface area contributed by atoms with Crippen molar-refractivity contribution in [2.75, 3.05) is 13.1 Å². The number of aromatic nitrogens is 4. The molecule has 7 nitrogen and oxygen atoms in total. The summed E-state index contributed by atoms with van der Waals surface area (Å²) in [4.78, 5) is 14.4. The summed E-state index contributed by atoms with van der Waals surface area (Å²) in [5, 5.41) is 15.2. The van der Waals surface area contributed by atoms with E-state index in [2.05, 4.69) is 25.7 Å². The minimum atomic E-state index is -0.316. The third-order valence-corrected chi connectivity index (χ3v) is 4.42. The molecule has 0 radical (unpaired) electrons. The van der Waals surface area contributed by atoms with E-state index >= 15 is 0 Å². The molecule has 2 fully saturated rings. The Morgan fingerprint density at radius 3 is 2.50 bits per heavy atom. The summed E-state index contributed by atoms with van der Waals surface area (Å²) >= 11 is 0. The van der Waals surface area contributed by atoms with Gasteiger partial charge in [0.2, 0.25) is 5.91 Å². The number of tetrazole rings is 1. The Kier molecular flexibility index (Phi) is 4.16. The maximum atomic E-state index is 12.0. The first-order chi connectivity index (χ1) is 10.4. The molecule has 1 saturated carbocycles. The van der Waals surface area contributed by atoms with Crippen LogP contribution in [-0.2, 0) is 11.3 Å². The molecule has 1 N–H and O–H groups in total. The number of likely N-dealkylation sites (tertiary alicyclic amines) is 1. The molecule has 1 saturated heterocycles. The average Bonchev–Trinajstić information content (AvgIpc) is 3.20. The fraction of sp³-hybridized carbons (Fsp3) is 0.867. The molecule has 0 unspecified atom stereocenters. The third kappa shape index (κ3) is 3.63. The van der Waals surface area contributed by atoms with Crippen LogP contribution >= 0.6 is 0 Å². The topological polar surface area (TPSA) is 75.9 Å². The van der Waals surface area contributed by atoms with Crippen LogP contribution in [0.1, 0.15) is 58.3 Å². The highest BCUT2D eigenvalue weighted by molar-refractivity contribution is 5.81. The normalized spacial score (nSPS) is 21.0. The molecular formula is C15H26N6O. The van der Waals surface area contributed by atoms with Gasteiger partial charge in [-0.25, -0.2) is 4.68 Å². The second kappa shape index (κ2) is 5.95. The number of piperidine rings is 1. The molecule has 1 aliphatic carbocycles. The van der Waals surface area contributed by atoms with E-state index in [4.69, 9.17) is 0 Å². The first-order valence-corrected chi connectivity index (χ1v) is 8.23. The number of amides is 1. The monoisotopic (exact) mass is 306 g/mol. The molecule has 3 rings (SSSR count). The molecule has 0 atom stereocenters. The van der Waals surface area contributed by atoms with Gasteiger partial charge in [-0.15, -0.1) is 5.10 Å². The number of hydrogen-bond donors (Lipinski definition) is 1. The van der Waals surface area contributed by atoms with Gasteiger partial charge in [-0.3, -0.25) is 9.69 Å². The quantitative estimate of drug-likeness (QED) is 0.902. The van der Waals surface area contributed by atoms with Gasteiger partial charge < -0.3 is 5.32 Å². The van der Waals surface area contributed by atoms with Crippen molar-refractivity contribution in [3.63, 3.8) is 0 Å². The predicted octanol–water partition coefficient (Wildman–Crippen LogP) is 1.13. The summed E-state index contributed by atoms with van der Waals surface area (Å²) in [5.41, 5.74) is -0.316. The molecule has 7 heteroatoms. The lowest BCUT2D eigenvalue weighted by Crippen LogP contribution is -2.47. The molecule has 2 aliphatic rings. The Morgan fingerprint density at radius 2 is 1.91 bits per heavy atom. The lowest BCUT2D eigenvalue weighted by molar-refractivity contribution is -0.129. The minimum absolute atomic E-state index is 0.142. The van der Waals surface area contributed by atoms with Gasteiger partial charge in [-0.05, 0) is 36.1 Å². The van der Waals surface area contributed by atoms with Crippen LogP contribution in [0.15, 0.2) is 0 Å². The third-order valence-electron chi connectivity index (χ3n) is 4.42. The van der Waals surface area contributed by atoms with Crippen molar-refractivity contribution in [3.8, 4) is 0 Å². The zero-order valence-corrected chi connectivity index (χ0v) is 13.7. The van der Waals surface area contributed by atoms with Crippen molar-refractivity contribution < 1.29 is 4.79 Å². The van der Waals surface area contributed by atoms with E-state index in [1.54, 1.807) is 0 Å². The lowest BCUT2D eigenvalue weighted by atomic mass is 9.94. The highest BCUT2D eigenvalue weighted by atomic mass is 16.2. The predicted molar refractivity (Wildman–Crippen MR) is 82.0 cm³/mol. The van der Waals surface area contributed by atoms with E-state index in [9.17, 15) is 4.79 Å². The summed E-state index contributed by atoms with van der Waals surface area (Å²) in [7, 11) is 0. The van der Waals surface area contributed by atoms with Crippen molar-refractivity contribution in [2.24, 2.45) is 5.41 Å². The van der Waals surface area contributed by atoms with Crippen LogP contribution in [-0.4, -0.2) is 50.1 Å². The molecule has 0 spiro atoms. The molecule has 1 aliphatic heterocycles. The molecule has 1 aromatic heterocycles. The maximum Gasteiger partial charge on any atom is 0.225 e. The summed E-state index contributed by atoms with van der Waals surface area (Å²) in [5.74, 6) is 1.11. The Balaban J connectivity index is 1.47. The van der Waals surface area contributed by atoms with Crippen molar-refractivity contribution in [1.29, 1.82) is 0 Å². The number of rotatable bonds is 4. The molecule has 0 aromatic carbocycles. The lowest BCUT2D eigenvalue weighted by Gasteiger charge is -2.33. The molecule has 2 heterocycles. The SMILES string of the molecule is CC(C)(C)C(=O)NC1CCN(Cc2nnnn2C2CC2)CC1. The summed E-state index contributed by atoms with van der Waals surface area (Å²) in [6.07, 6.45) is 4.37. The van der Waals surface area contributed by atoms with E-state index in [0.29, 0.717) is 12.1 Å². The van der Waals surface area contributed by atoms with E-state index < -0.39 is 0 Å². The standard InChI is InChI=1S/C15H26N6O/c1-15(2,3)14(22)16-11-6-8-20(9-7-11)10-13-17-18-19-21(13)12-4-5-12/h11-12H,4-10H2,1-3H3,(H,16,22). The van der Waals surface area contributed by atoms with Crippen molar-refractivity contribution in [3.05, 3.63) is 5.82 Å². The number of nitrogens with zero attached hydrogens (tertiary/aromatic N) is 5. The van der Waals surface area contributed by atoms with Gasteiger partial charge >= 0.3 is 0 Å². The Morgan fingerprint density at radius 1 is 1.23 bits per heavy atom. The Bertz CT molecular complexity index is 522. The minimum Gasteiger partial charge on any atom is -0.353 e. The number of carbonyl (C=O) groups is 1. The van der Waals surface area contributed by atoms with Crippen LogP contribution in [0, 0.1) is 5.41 Å². The van der Waals surface area contributed by atoms with Crippen LogP contribution < -0.4 is 5.32 Å². The molecule has 1 aromatic rings. The average molecular weight is 306 g/mol. The Hall–Kier alpha value is -1.50. The first-order valence-electron chi connectivity index (χ1n) is 8.23. The van der Waals surface area contributed by atoms with Crippen molar-refractivity contribution in [1.82, 2.24) is 30.4 Å². The van der Waals surface area contributed by atoms with Gasteiger partial charge in [0.25, 0.3) is 0 Å². The highest BCUT2D eigenvalue weighted by Gasteiger charge is 2.30. The summed E-state index contributed by atoms with van der Waals surface area (Å²) in [6, 6.07) is 0.816. The van der Waals surface area contributed by atoms with Gasteiger partial charge in [0.05, 0.1) is 12.6 Å². The molecule has 0 bridgehead atoms. The van der Waals surface area contributed by atoms with E-state index in [1.165, 1.54) is 12.8 Å². The fourth-order valence-corrected chi connectivity index (χ4v) is 2.76. The van der Waals surface area contributed by atoms with Gasteiger partial charge in [-0.1, -0.05) is 20.8 Å². The number of carbonyl (C=O) groups excluding carboxylic acids is 1. The van der Waals surface area contributed by atoms with Crippen LogP contribution in [0.4, 0.5) is 0 Å². The molecular weight excluding hydrogens is 280 g/mol. The first kappa shape index (κ1) is 15.4. The van der Waals surface area contributed by atoms with E-state index in [0.717, 1.165) is 38.3 Å². The Labute approximate surface area is 131 Å². The summed E-state index contributed by atoms with van der Waals surface area (Å²) in [6.45, 7) is 8.63. The molecule has 22 heavy (non-hydrogen) atoms. The van der Waals surface area contributed by atoms with Crippen LogP contribution in [0.2, 0.25) is 0 Å². The fourth-order valence-electron chi connectivity index (χ4n) is 2.76. The second-order valence-electron chi connectivity index (χ2n) is 7.54. The highest BCUT2D eigenvalue weighted by Crippen LogP contribution is 2.34. The maximum absolute atomic E-state index is 12.0. The van der Waals surface area contributed by atoms with Gasteiger partial charge in [-0.2, -0.15) is 0 Å². The largest absolute Gasteiger partial charge is 0.353 e. The van der Waals surface area contributed by atoms with Crippen molar-refractivity contribution >= 4 is 5.91 Å². The zero-order valence-electron chi connectivity index (χ0n) is 13.7. The molecule has 1 amide bonds. The van der Waals surface area contributed by atoms with E-state index in [-0.39, 0.29) is 11.3 Å². The number of nitrogens with one attached hydrogen (secondary N) is 1. The second-order valence-corrected chi connectivity index (χ2v) is 7.54. The van der Waals surface area contributed by atoms with Gasteiger partial charge in [0.1, 0.15) is 0 Å². The molecule has 122 valence electrons. The summed E-state index contributed by atoms with van der Waals surface area (Å²) < 4.78 is 1.98. The van der Waals surface area contributed by atoms with Crippen LogP contribution in [0.25, 0.3) is 0 Å².